The lowest BCUT2D eigenvalue weighted by Gasteiger charge is -2.04. The van der Waals surface area contributed by atoms with Gasteiger partial charge in [0.1, 0.15) is 0 Å². The van der Waals surface area contributed by atoms with Crippen LogP contribution in [0.1, 0.15) is 43.5 Å². The second kappa shape index (κ2) is 7.39. The minimum absolute atomic E-state index is 0.330. The van der Waals surface area contributed by atoms with E-state index in [9.17, 15) is 4.79 Å². The van der Waals surface area contributed by atoms with E-state index in [0.29, 0.717) is 15.6 Å². The highest BCUT2D eigenvalue weighted by molar-refractivity contribution is 6.35. The summed E-state index contributed by atoms with van der Waals surface area (Å²) in [7, 11) is 0. The zero-order valence-electron chi connectivity index (χ0n) is 10.5. The number of nitrogens with zero attached hydrogens (tertiary/aromatic N) is 1. The summed E-state index contributed by atoms with van der Waals surface area (Å²) in [4.78, 5) is 11.8. The van der Waals surface area contributed by atoms with Gasteiger partial charge in [0.15, 0.2) is 0 Å². The van der Waals surface area contributed by atoms with Gasteiger partial charge in [0.25, 0.3) is 5.91 Å². The van der Waals surface area contributed by atoms with Crippen molar-refractivity contribution in [1.82, 2.24) is 5.43 Å². The smallest absolute Gasteiger partial charge is 0.267 e. The molecule has 1 rings (SSSR count). The molecule has 0 aliphatic carbocycles. The van der Waals surface area contributed by atoms with Crippen molar-refractivity contribution in [1.29, 1.82) is 0 Å². The number of benzene rings is 1. The van der Waals surface area contributed by atoms with Gasteiger partial charge in [0, 0.05) is 10.7 Å². The number of amides is 1. The minimum atomic E-state index is -0.349. The van der Waals surface area contributed by atoms with Crippen LogP contribution in [0.2, 0.25) is 10.0 Å². The van der Waals surface area contributed by atoms with Crippen LogP contribution in [0, 0.1) is 0 Å². The summed E-state index contributed by atoms with van der Waals surface area (Å²) >= 11 is 11.7. The van der Waals surface area contributed by atoms with Crippen molar-refractivity contribution in [2.24, 2.45) is 5.10 Å². The number of carbonyl (C=O) groups excluding carboxylic acids is 1. The van der Waals surface area contributed by atoms with Crippen molar-refractivity contribution < 1.29 is 4.79 Å². The summed E-state index contributed by atoms with van der Waals surface area (Å²) in [5, 5.41) is 4.85. The highest BCUT2D eigenvalue weighted by Crippen LogP contribution is 2.20. The van der Waals surface area contributed by atoms with Crippen LogP contribution in [0.15, 0.2) is 23.3 Å². The van der Waals surface area contributed by atoms with Crippen LogP contribution in [0.4, 0.5) is 0 Å². The van der Waals surface area contributed by atoms with Crippen LogP contribution in [0.5, 0.6) is 0 Å². The Labute approximate surface area is 117 Å². The van der Waals surface area contributed by atoms with Gasteiger partial charge in [-0.15, -0.1) is 0 Å². The molecule has 1 aromatic carbocycles. The van der Waals surface area contributed by atoms with Gasteiger partial charge in [-0.05, 0) is 38.0 Å². The lowest BCUT2D eigenvalue weighted by molar-refractivity contribution is 0.0955. The van der Waals surface area contributed by atoms with Crippen molar-refractivity contribution in [2.75, 3.05) is 0 Å². The third-order valence-electron chi connectivity index (χ3n) is 2.41. The molecule has 0 fully saturated rings. The lowest BCUT2D eigenvalue weighted by Crippen LogP contribution is -2.19. The molecule has 0 saturated carbocycles. The van der Waals surface area contributed by atoms with Crippen molar-refractivity contribution in [2.45, 2.75) is 33.1 Å². The molecule has 1 amide bonds. The number of rotatable bonds is 5. The fourth-order valence-corrected chi connectivity index (χ4v) is 1.74. The summed E-state index contributed by atoms with van der Waals surface area (Å²) < 4.78 is 0. The number of hydrogen-bond donors (Lipinski definition) is 1. The Morgan fingerprint density at radius 1 is 1.39 bits per heavy atom. The maximum absolute atomic E-state index is 11.8. The zero-order valence-corrected chi connectivity index (χ0v) is 12.0. The largest absolute Gasteiger partial charge is 0.272 e. The van der Waals surface area contributed by atoms with E-state index in [-0.39, 0.29) is 5.91 Å². The van der Waals surface area contributed by atoms with Gasteiger partial charge in [-0.3, -0.25) is 4.79 Å². The van der Waals surface area contributed by atoms with Crippen LogP contribution in [-0.2, 0) is 0 Å². The van der Waals surface area contributed by atoms with E-state index >= 15 is 0 Å². The van der Waals surface area contributed by atoms with Crippen molar-refractivity contribution in [3.8, 4) is 0 Å². The average molecular weight is 287 g/mol. The lowest BCUT2D eigenvalue weighted by atomic mass is 10.2. The van der Waals surface area contributed by atoms with Crippen LogP contribution in [-0.4, -0.2) is 11.6 Å². The first-order valence-electron chi connectivity index (χ1n) is 5.83. The zero-order chi connectivity index (χ0) is 13.5. The van der Waals surface area contributed by atoms with E-state index in [2.05, 4.69) is 17.5 Å². The highest BCUT2D eigenvalue weighted by atomic mass is 35.5. The van der Waals surface area contributed by atoms with Gasteiger partial charge in [0.05, 0.1) is 10.6 Å². The van der Waals surface area contributed by atoms with Crippen molar-refractivity contribution in [3.63, 3.8) is 0 Å². The molecule has 0 bridgehead atoms. The number of halogens is 2. The van der Waals surface area contributed by atoms with E-state index in [1.807, 2.05) is 6.92 Å². The molecule has 0 aliphatic heterocycles. The second-order valence-electron chi connectivity index (χ2n) is 4.02. The fraction of sp³-hybridized carbons (Fsp3) is 0.385. The Morgan fingerprint density at radius 3 is 2.78 bits per heavy atom. The van der Waals surface area contributed by atoms with Crippen LogP contribution < -0.4 is 5.43 Å². The summed E-state index contributed by atoms with van der Waals surface area (Å²) in [5.74, 6) is -0.349. The quantitative estimate of drug-likeness (QED) is 0.637. The Balaban J connectivity index is 2.68. The molecule has 0 unspecified atom stereocenters. The minimum Gasteiger partial charge on any atom is -0.267 e. The average Bonchev–Trinajstić information content (AvgIpc) is 2.36. The summed E-state index contributed by atoms with van der Waals surface area (Å²) in [5.41, 5.74) is 3.70. The molecule has 98 valence electrons. The van der Waals surface area contributed by atoms with Gasteiger partial charge >= 0.3 is 0 Å². The molecule has 0 heterocycles. The molecular weight excluding hydrogens is 271 g/mol. The molecule has 3 nitrogen and oxygen atoms in total. The van der Waals surface area contributed by atoms with Gasteiger partial charge in [-0.25, -0.2) is 5.43 Å². The predicted molar refractivity (Wildman–Crippen MR) is 76.6 cm³/mol. The summed E-state index contributed by atoms with van der Waals surface area (Å²) in [6.45, 7) is 3.99. The number of unbranched alkanes of at least 4 members (excludes halogenated alkanes) is 1. The topological polar surface area (TPSA) is 41.5 Å². The number of hydrazone groups is 1. The molecule has 0 saturated heterocycles. The maximum atomic E-state index is 11.8. The Morgan fingerprint density at radius 2 is 2.11 bits per heavy atom. The predicted octanol–water partition coefficient (Wildman–Crippen LogP) is 4.29. The van der Waals surface area contributed by atoms with Crippen molar-refractivity contribution in [3.05, 3.63) is 33.8 Å². The number of carbonyl (C=O) groups is 1. The van der Waals surface area contributed by atoms with E-state index in [4.69, 9.17) is 23.2 Å². The van der Waals surface area contributed by atoms with Crippen LogP contribution in [0.3, 0.4) is 0 Å². The Kier molecular flexibility index (Phi) is 6.16. The van der Waals surface area contributed by atoms with E-state index in [0.717, 1.165) is 25.0 Å². The summed E-state index contributed by atoms with van der Waals surface area (Å²) in [6, 6.07) is 4.75. The maximum Gasteiger partial charge on any atom is 0.272 e. The van der Waals surface area contributed by atoms with Gasteiger partial charge < -0.3 is 0 Å². The van der Waals surface area contributed by atoms with Crippen LogP contribution in [0.25, 0.3) is 0 Å². The van der Waals surface area contributed by atoms with Crippen LogP contribution >= 0.6 is 23.2 Å². The highest BCUT2D eigenvalue weighted by Gasteiger charge is 2.10. The Bertz CT molecular complexity index is 458. The Hall–Kier alpha value is -1.06. The third-order valence-corrected chi connectivity index (χ3v) is 2.98. The van der Waals surface area contributed by atoms with E-state index < -0.39 is 0 Å². The molecule has 5 heteroatoms. The van der Waals surface area contributed by atoms with Gasteiger partial charge in [0.2, 0.25) is 0 Å². The molecule has 0 radical (unpaired) electrons. The standard InChI is InChI=1S/C13H16Cl2N2O/c1-3-4-5-9(2)16-17-13(18)11-8-10(14)6-7-12(11)15/h6-8H,3-5H2,1-2H3,(H,17,18)/b16-9-. The molecule has 1 N–H and O–H groups in total. The first-order chi connectivity index (χ1) is 8.54. The summed E-state index contributed by atoms with van der Waals surface area (Å²) in [6.07, 6.45) is 3.03. The van der Waals surface area contributed by atoms with Crippen molar-refractivity contribution >= 4 is 34.8 Å². The SMILES string of the molecule is CCCC/C(C)=N\NC(=O)c1cc(Cl)ccc1Cl. The molecule has 0 spiro atoms. The van der Waals surface area contributed by atoms with Gasteiger partial charge in [-0.1, -0.05) is 36.5 Å². The second-order valence-corrected chi connectivity index (χ2v) is 4.86. The first-order valence-corrected chi connectivity index (χ1v) is 6.58. The molecule has 0 aromatic heterocycles. The molecule has 0 aliphatic rings. The molecule has 18 heavy (non-hydrogen) atoms. The molecule has 0 atom stereocenters. The third kappa shape index (κ3) is 4.67. The fourth-order valence-electron chi connectivity index (χ4n) is 1.37. The normalized spacial score (nSPS) is 11.4. The first kappa shape index (κ1) is 15.0. The van der Waals surface area contributed by atoms with Gasteiger partial charge in [-0.2, -0.15) is 5.10 Å². The van der Waals surface area contributed by atoms with E-state index in [1.165, 1.54) is 6.07 Å². The monoisotopic (exact) mass is 286 g/mol. The molecular formula is C13H16Cl2N2O. The number of nitrogens with one attached hydrogen (secondary N) is 1. The molecule has 1 aromatic rings. The van der Waals surface area contributed by atoms with E-state index in [1.54, 1.807) is 12.1 Å². The number of hydrogen-bond acceptors (Lipinski definition) is 2.